The van der Waals surface area contributed by atoms with Crippen LogP contribution in [0.4, 0.5) is 5.82 Å². The van der Waals surface area contributed by atoms with E-state index >= 15 is 0 Å². The van der Waals surface area contributed by atoms with E-state index in [9.17, 15) is 14.4 Å². The largest absolute Gasteiger partial charge is 0.459 e. The number of fused-ring (bicyclic) bond motifs is 3. The molecule has 0 spiro atoms. The Morgan fingerprint density at radius 3 is 1.96 bits per heavy atom. The van der Waals surface area contributed by atoms with Gasteiger partial charge in [0.05, 0.1) is 16.7 Å². The molecule has 2 aliphatic heterocycles. The van der Waals surface area contributed by atoms with Crippen LogP contribution in [0.1, 0.15) is 42.9 Å². The molecule has 12 heteroatoms. The Bertz CT molecular complexity index is 1960. The summed E-state index contributed by atoms with van der Waals surface area (Å²) in [5, 5.41) is 6.81. The van der Waals surface area contributed by atoms with Gasteiger partial charge in [0.2, 0.25) is 0 Å². The van der Waals surface area contributed by atoms with Gasteiger partial charge in [-0.25, -0.2) is 19.4 Å². The van der Waals surface area contributed by atoms with Gasteiger partial charge in [0.1, 0.15) is 30.0 Å². The summed E-state index contributed by atoms with van der Waals surface area (Å²) in [5.74, 6) is -1.05. The molecule has 2 aliphatic rings. The van der Waals surface area contributed by atoms with Crippen molar-refractivity contribution < 1.29 is 33.3 Å². The Labute approximate surface area is 280 Å². The third-order valence-corrected chi connectivity index (χ3v) is 9.13. The first-order valence-electron chi connectivity index (χ1n) is 15.4. The van der Waals surface area contributed by atoms with Crippen LogP contribution in [-0.2, 0) is 18.9 Å². The Morgan fingerprint density at radius 2 is 1.38 bits per heavy atom. The lowest BCUT2D eigenvalue weighted by Gasteiger charge is -2.34. The molecule has 244 valence electrons. The van der Waals surface area contributed by atoms with Crippen LogP contribution in [0.15, 0.2) is 107 Å². The average molecular weight is 665 g/mol. The second-order valence-electron chi connectivity index (χ2n) is 11.4. The monoisotopic (exact) mass is 664 g/mol. The number of carbonyl (C=O) groups excluding carboxylic acids is 3. The fourth-order valence-corrected chi connectivity index (χ4v) is 6.87. The molecular weight excluding hydrogens is 632 g/mol. The highest BCUT2D eigenvalue weighted by Gasteiger charge is 2.53. The minimum atomic E-state index is -1.16. The number of hydrogen-bond donors (Lipinski definition) is 0. The first-order chi connectivity index (χ1) is 23.4. The summed E-state index contributed by atoms with van der Waals surface area (Å²) < 4.78 is 26.8. The van der Waals surface area contributed by atoms with Crippen molar-refractivity contribution in [3.8, 4) is 0 Å². The summed E-state index contributed by atoms with van der Waals surface area (Å²) >= 11 is 1.50. The normalized spacial score (nSPS) is 20.1. The molecule has 0 unspecified atom stereocenters. The van der Waals surface area contributed by atoms with E-state index in [0.29, 0.717) is 23.4 Å². The van der Waals surface area contributed by atoms with Crippen LogP contribution in [0.5, 0.6) is 0 Å². The highest BCUT2D eigenvalue weighted by atomic mass is 32.1. The molecule has 1 saturated heterocycles. The fraction of sp³-hybridized carbons (Fsp3) is 0.222. The van der Waals surface area contributed by atoms with Gasteiger partial charge in [0.15, 0.2) is 18.4 Å². The molecule has 0 N–H and O–H groups in total. The Balaban J connectivity index is 1.32. The van der Waals surface area contributed by atoms with Gasteiger partial charge in [-0.15, -0.1) is 11.3 Å². The van der Waals surface area contributed by atoms with E-state index < -0.39 is 42.4 Å². The number of rotatable bonds is 9. The summed E-state index contributed by atoms with van der Waals surface area (Å²) in [6.45, 7) is 0.0786. The zero-order valence-electron chi connectivity index (χ0n) is 26.2. The molecule has 48 heavy (non-hydrogen) atoms. The third-order valence-electron chi connectivity index (χ3n) is 8.22. The lowest BCUT2D eigenvalue weighted by Crippen LogP contribution is -2.43. The second-order valence-corrected chi connectivity index (χ2v) is 12.3. The van der Waals surface area contributed by atoms with Crippen molar-refractivity contribution in [2.24, 2.45) is 4.99 Å². The summed E-state index contributed by atoms with van der Waals surface area (Å²) in [6.07, 6.45) is -2.45. The predicted molar refractivity (Wildman–Crippen MR) is 180 cm³/mol. The molecule has 1 fully saturated rings. The molecule has 0 aliphatic carbocycles. The zero-order valence-corrected chi connectivity index (χ0v) is 27.0. The molecule has 11 nitrogen and oxygen atoms in total. The quantitative estimate of drug-likeness (QED) is 0.147. The number of hydrazine groups is 1. The Kier molecular flexibility index (Phi) is 8.76. The van der Waals surface area contributed by atoms with Crippen molar-refractivity contribution in [2.45, 2.75) is 24.5 Å². The maximum absolute atomic E-state index is 13.7. The van der Waals surface area contributed by atoms with Gasteiger partial charge >= 0.3 is 17.9 Å². The van der Waals surface area contributed by atoms with E-state index in [0.717, 1.165) is 21.6 Å². The molecule has 2 aromatic heterocycles. The van der Waals surface area contributed by atoms with Gasteiger partial charge in [0, 0.05) is 31.3 Å². The summed E-state index contributed by atoms with van der Waals surface area (Å²) in [4.78, 5) is 45.8. The number of aromatic nitrogens is 1. The average Bonchev–Trinajstić information content (AvgIpc) is 3.81. The van der Waals surface area contributed by atoms with Crippen molar-refractivity contribution >= 4 is 51.5 Å². The maximum atomic E-state index is 13.7. The number of ether oxygens (including phenoxy) is 4. The van der Waals surface area contributed by atoms with Gasteiger partial charge in [-0.3, -0.25) is 14.6 Å². The van der Waals surface area contributed by atoms with Gasteiger partial charge in [0.25, 0.3) is 0 Å². The Morgan fingerprint density at radius 1 is 0.812 bits per heavy atom. The lowest BCUT2D eigenvalue weighted by molar-refractivity contribution is -0.0598. The molecule has 0 amide bonds. The molecule has 7 rings (SSSR count). The number of aliphatic imine (C=N–C) groups is 1. The van der Waals surface area contributed by atoms with Crippen LogP contribution in [0, 0.1) is 0 Å². The number of hydrogen-bond acceptors (Lipinski definition) is 11. The predicted octanol–water partition coefficient (Wildman–Crippen LogP) is 5.58. The van der Waals surface area contributed by atoms with Crippen LogP contribution in [0.2, 0.25) is 0 Å². The zero-order chi connectivity index (χ0) is 33.2. The number of nitrogens with zero attached hydrogens (tertiary/aromatic N) is 4. The molecule has 4 heterocycles. The van der Waals surface area contributed by atoms with Crippen LogP contribution >= 0.6 is 11.3 Å². The number of benzene rings is 3. The standard InChI is InChI=1S/C36H32N4O7S/c1-38(2)39-22-37-20-27-26-18-19-48-33(26)40(31(27)39)32-30(47-36(43)25-16-10-5-11-17-25)29(46-35(42)24-14-8-4-9-15-24)28(45-32)21-44-34(41)23-12-6-3-7-13-23/h3-20,28-30,32H,21-22H2,1-2H3/t28-,29-,30-,32-/m1/s1. The highest BCUT2D eigenvalue weighted by molar-refractivity contribution is 7.17. The number of anilines is 1. The smallest absolute Gasteiger partial charge is 0.338 e. The van der Waals surface area contributed by atoms with E-state index in [2.05, 4.69) is 4.99 Å². The topological polar surface area (TPSA) is 112 Å². The molecule has 3 aromatic carbocycles. The molecule has 0 bridgehead atoms. The van der Waals surface area contributed by atoms with Crippen LogP contribution < -0.4 is 5.01 Å². The molecule has 4 atom stereocenters. The van der Waals surface area contributed by atoms with E-state index in [-0.39, 0.29) is 6.61 Å². The van der Waals surface area contributed by atoms with E-state index in [1.54, 1.807) is 91.0 Å². The van der Waals surface area contributed by atoms with Crippen molar-refractivity contribution in [1.82, 2.24) is 9.58 Å². The fourth-order valence-electron chi connectivity index (χ4n) is 5.92. The van der Waals surface area contributed by atoms with Crippen molar-refractivity contribution in [1.29, 1.82) is 0 Å². The van der Waals surface area contributed by atoms with Crippen LogP contribution in [-0.4, -0.2) is 79.4 Å². The summed E-state index contributed by atoms with van der Waals surface area (Å²) in [6, 6.07) is 27.7. The first kappa shape index (κ1) is 31.3. The SMILES string of the molecule is CN(C)N1CN=Cc2c1n([C@@H]1O[C@H](COC(=O)c3ccccc3)[C@@H](OC(=O)c3ccccc3)[C@H]1OC(=O)c1ccccc1)c1sccc21. The van der Waals surface area contributed by atoms with Crippen LogP contribution in [0.25, 0.3) is 10.2 Å². The minimum Gasteiger partial charge on any atom is -0.459 e. The maximum Gasteiger partial charge on any atom is 0.338 e. The summed E-state index contributed by atoms with van der Waals surface area (Å²) in [5.41, 5.74) is 1.86. The number of esters is 3. The highest BCUT2D eigenvalue weighted by Crippen LogP contribution is 2.45. The molecule has 5 aromatic rings. The van der Waals surface area contributed by atoms with Crippen LogP contribution in [0.3, 0.4) is 0 Å². The van der Waals surface area contributed by atoms with E-state index in [1.165, 1.54) is 11.3 Å². The third kappa shape index (κ3) is 5.97. The van der Waals surface area contributed by atoms with Gasteiger partial charge in [-0.05, 0) is 47.8 Å². The molecular formula is C36H32N4O7S. The van der Waals surface area contributed by atoms with E-state index in [1.807, 2.05) is 46.3 Å². The summed E-state index contributed by atoms with van der Waals surface area (Å²) in [7, 11) is 3.82. The Hall–Kier alpha value is -5.30. The lowest BCUT2D eigenvalue weighted by atomic mass is 10.1. The van der Waals surface area contributed by atoms with Gasteiger partial charge < -0.3 is 18.9 Å². The molecule has 0 radical (unpaired) electrons. The van der Waals surface area contributed by atoms with Crippen molar-refractivity contribution in [3.63, 3.8) is 0 Å². The molecule has 0 saturated carbocycles. The minimum absolute atomic E-state index is 0.272. The van der Waals surface area contributed by atoms with Gasteiger partial charge in [-0.1, -0.05) is 54.6 Å². The second kappa shape index (κ2) is 13.4. The van der Waals surface area contributed by atoms with Gasteiger partial charge in [-0.2, -0.15) is 0 Å². The van der Waals surface area contributed by atoms with Crippen molar-refractivity contribution in [2.75, 3.05) is 32.4 Å². The number of carbonyl (C=O) groups is 3. The van der Waals surface area contributed by atoms with E-state index in [4.69, 9.17) is 18.9 Å². The van der Waals surface area contributed by atoms with Crippen molar-refractivity contribution in [3.05, 3.63) is 125 Å². The first-order valence-corrected chi connectivity index (χ1v) is 16.2. The number of thiophene rings is 1.